The Kier molecular flexibility index (Phi) is 3.50. The van der Waals surface area contributed by atoms with Crippen molar-refractivity contribution in [2.45, 2.75) is 19.8 Å². The molecule has 0 atom stereocenters. The number of nitrogens with one attached hydrogen (secondary N) is 2. The van der Waals surface area contributed by atoms with E-state index in [1.165, 1.54) is 0 Å². The van der Waals surface area contributed by atoms with Crippen molar-refractivity contribution in [1.29, 1.82) is 5.41 Å². The Morgan fingerprint density at radius 2 is 2.06 bits per heavy atom. The van der Waals surface area contributed by atoms with Gasteiger partial charge in [-0.2, -0.15) is 0 Å². The highest BCUT2D eigenvalue weighted by Crippen LogP contribution is 2.20. The van der Waals surface area contributed by atoms with Gasteiger partial charge < -0.3 is 16.0 Å². The molecule has 0 aromatic heterocycles. The maximum Gasteiger partial charge on any atom is 0.321 e. The first-order valence-electron chi connectivity index (χ1n) is 6.09. The maximum atomic E-state index is 12.0. The van der Waals surface area contributed by atoms with Crippen molar-refractivity contribution in [3.05, 3.63) is 29.3 Å². The lowest BCUT2D eigenvalue weighted by Crippen LogP contribution is -2.33. The number of rotatable bonds is 2. The quantitative estimate of drug-likeness (QED) is 0.550. The summed E-state index contributed by atoms with van der Waals surface area (Å²) in [5.74, 6) is -0.0233. The van der Waals surface area contributed by atoms with Gasteiger partial charge in [-0.05, 0) is 31.4 Å². The predicted molar refractivity (Wildman–Crippen MR) is 72.0 cm³/mol. The highest BCUT2D eigenvalue weighted by atomic mass is 16.2. The van der Waals surface area contributed by atoms with Crippen LogP contribution >= 0.6 is 0 Å². The van der Waals surface area contributed by atoms with E-state index >= 15 is 0 Å². The number of urea groups is 1. The highest BCUT2D eigenvalue weighted by molar-refractivity contribution is 6.05. The van der Waals surface area contributed by atoms with Gasteiger partial charge in [0.25, 0.3) is 0 Å². The van der Waals surface area contributed by atoms with Crippen LogP contribution in [-0.2, 0) is 0 Å². The second-order valence-electron chi connectivity index (χ2n) is 4.54. The lowest BCUT2D eigenvalue weighted by molar-refractivity contribution is 0.222. The molecule has 0 aliphatic carbocycles. The van der Waals surface area contributed by atoms with E-state index in [1.54, 1.807) is 11.0 Å². The molecule has 0 saturated carbocycles. The summed E-state index contributed by atoms with van der Waals surface area (Å²) < 4.78 is 0. The molecule has 4 N–H and O–H groups in total. The molecule has 0 bridgehead atoms. The smallest absolute Gasteiger partial charge is 0.321 e. The number of nitrogens with zero attached hydrogens (tertiary/aromatic N) is 1. The first kappa shape index (κ1) is 12.4. The first-order chi connectivity index (χ1) is 8.59. The zero-order valence-corrected chi connectivity index (χ0v) is 10.5. The summed E-state index contributed by atoms with van der Waals surface area (Å²) in [5, 5.41) is 10.4. The SMILES string of the molecule is Cc1cccc(NC(=O)N2CCCC2)c1C(=N)N. The Morgan fingerprint density at radius 3 is 2.67 bits per heavy atom. The highest BCUT2D eigenvalue weighted by Gasteiger charge is 2.19. The van der Waals surface area contributed by atoms with Crippen molar-refractivity contribution in [3.8, 4) is 0 Å². The van der Waals surface area contributed by atoms with Crippen LogP contribution in [0.2, 0.25) is 0 Å². The molecule has 5 heteroatoms. The number of hydrogen-bond donors (Lipinski definition) is 3. The number of carbonyl (C=O) groups is 1. The Labute approximate surface area is 106 Å². The van der Waals surface area contributed by atoms with Crippen molar-refractivity contribution in [2.24, 2.45) is 5.73 Å². The van der Waals surface area contributed by atoms with Gasteiger partial charge in [-0.25, -0.2) is 4.79 Å². The number of anilines is 1. The largest absolute Gasteiger partial charge is 0.384 e. The molecule has 1 fully saturated rings. The standard InChI is InChI=1S/C13H18N4O/c1-9-5-4-6-10(11(9)12(14)15)16-13(18)17-7-2-3-8-17/h4-6H,2-3,7-8H2,1H3,(H3,14,15)(H,16,18). The van der Waals surface area contributed by atoms with Gasteiger partial charge in [0.15, 0.2) is 0 Å². The second kappa shape index (κ2) is 5.08. The normalized spacial score (nSPS) is 14.6. The summed E-state index contributed by atoms with van der Waals surface area (Å²) in [6.45, 7) is 3.47. The predicted octanol–water partition coefficient (Wildman–Crippen LogP) is 1.91. The number of nitrogens with two attached hydrogens (primary N) is 1. The number of carbonyl (C=O) groups excluding carboxylic acids is 1. The molecule has 1 aromatic carbocycles. The van der Waals surface area contributed by atoms with Crippen LogP contribution in [0.3, 0.4) is 0 Å². The lowest BCUT2D eigenvalue weighted by Gasteiger charge is -2.18. The summed E-state index contributed by atoms with van der Waals surface area (Å²) in [6.07, 6.45) is 2.11. The van der Waals surface area contributed by atoms with Gasteiger partial charge >= 0.3 is 6.03 Å². The van der Waals surface area contributed by atoms with Crippen LogP contribution in [0.4, 0.5) is 10.5 Å². The van der Waals surface area contributed by atoms with E-state index in [1.807, 2.05) is 19.1 Å². The Hall–Kier alpha value is -2.04. The Bertz CT molecular complexity index is 478. The molecule has 1 heterocycles. The van der Waals surface area contributed by atoms with Crippen LogP contribution in [0, 0.1) is 12.3 Å². The average molecular weight is 246 g/mol. The van der Waals surface area contributed by atoms with Crippen LogP contribution < -0.4 is 11.1 Å². The molecule has 1 aliphatic rings. The summed E-state index contributed by atoms with van der Waals surface area (Å²) in [6, 6.07) is 5.39. The van der Waals surface area contributed by atoms with E-state index in [0.29, 0.717) is 11.3 Å². The fraction of sp³-hybridized carbons (Fsp3) is 0.385. The fourth-order valence-corrected chi connectivity index (χ4v) is 2.24. The van der Waals surface area contributed by atoms with Crippen LogP contribution in [0.25, 0.3) is 0 Å². The van der Waals surface area contributed by atoms with Gasteiger partial charge in [0.05, 0.1) is 5.69 Å². The molecular weight excluding hydrogens is 228 g/mol. The van der Waals surface area contributed by atoms with E-state index in [2.05, 4.69) is 5.32 Å². The van der Waals surface area contributed by atoms with E-state index in [9.17, 15) is 4.79 Å². The minimum Gasteiger partial charge on any atom is -0.384 e. The van der Waals surface area contributed by atoms with Crippen molar-refractivity contribution in [3.63, 3.8) is 0 Å². The number of nitrogen functional groups attached to an aromatic ring is 1. The maximum absolute atomic E-state index is 12.0. The summed E-state index contributed by atoms with van der Waals surface area (Å²) in [5.41, 5.74) is 7.67. The van der Waals surface area contributed by atoms with Gasteiger partial charge in [-0.1, -0.05) is 12.1 Å². The number of hydrogen-bond acceptors (Lipinski definition) is 2. The fourth-order valence-electron chi connectivity index (χ4n) is 2.24. The number of likely N-dealkylation sites (tertiary alicyclic amines) is 1. The zero-order chi connectivity index (χ0) is 13.1. The topological polar surface area (TPSA) is 82.2 Å². The molecule has 5 nitrogen and oxygen atoms in total. The summed E-state index contributed by atoms with van der Waals surface area (Å²) in [7, 11) is 0. The average Bonchev–Trinajstić information content (AvgIpc) is 2.81. The summed E-state index contributed by atoms with van der Waals surface area (Å²) >= 11 is 0. The molecule has 0 unspecified atom stereocenters. The van der Waals surface area contributed by atoms with Crippen LogP contribution in [0.5, 0.6) is 0 Å². The van der Waals surface area contributed by atoms with E-state index in [0.717, 1.165) is 31.5 Å². The Morgan fingerprint density at radius 1 is 1.39 bits per heavy atom. The molecule has 0 radical (unpaired) electrons. The van der Waals surface area contributed by atoms with Crippen molar-refractivity contribution in [2.75, 3.05) is 18.4 Å². The Balaban J connectivity index is 2.20. The monoisotopic (exact) mass is 246 g/mol. The van der Waals surface area contributed by atoms with Crippen molar-refractivity contribution in [1.82, 2.24) is 4.90 Å². The van der Waals surface area contributed by atoms with Gasteiger partial charge in [-0.15, -0.1) is 0 Å². The molecule has 2 amide bonds. The van der Waals surface area contributed by atoms with E-state index in [4.69, 9.17) is 11.1 Å². The number of benzene rings is 1. The molecule has 1 aliphatic heterocycles. The number of amidine groups is 1. The minimum absolute atomic E-state index is 0.0233. The van der Waals surface area contributed by atoms with Crippen molar-refractivity contribution >= 4 is 17.6 Å². The van der Waals surface area contributed by atoms with Gasteiger partial charge in [-0.3, -0.25) is 5.41 Å². The molecule has 18 heavy (non-hydrogen) atoms. The lowest BCUT2D eigenvalue weighted by atomic mass is 10.1. The van der Waals surface area contributed by atoms with Crippen LogP contribution in [0.15, 0.2) is 18.2 Å². The minimum atomic E-state index is -0.111. The second-order valence-corrected chi connectivity index (χ2v) is 4.54. The first-order valence-corrected chi connectivity index (χ1v) is 6.09. The van der Waals surface area contributed by atoms with Gasteiger partial charge in [0, 0.05) is 18.7 Å². The molecule has 2 rings (SSSR count). The molecule has 0 spiro atoms. The van der Waals surface area contributed by atoms with E-state index in [-0.39, 0.29) is 11.9 Å². The molecular formula is C13H18N4O. The molecule has 1 aromatic rings. The number of aryl methyl sites for hydroxylation is 1. The zero-order valence-electron chi connectivity index (χ0n) is 10.5. The molecule has 96 valence electrons. The van der Waals surface area contributed by atoms with Gasteiger partial charge in [0.2, 0.25) is 0 Å². The number of amides is 2. The third-order valence-electron chi connectivity index (χ3n) is 3.18. The van der Waals surface area contributed by atoms with Gasteiger partial charge in [0.1, 0.15) is 5.84 Å². The third kappa shape index (κ3) is 2.45. The summed E-state index contributed by atoms with van der Waals surface area (Å²) in [4.78, 5) is 13.8. The van der Waals surface area contributed by atoms with E-state index < -0.39 is 0 Å². The van der Waals surface area contributed by atoms with Crippen molar-refractivity contribution < 1.29 is 4.79 Å². The third-order valence-corrected chi connectivity index (χ3v) is 3.18. The van der Waals surface area contributed by atoms with Crippen LogP contribution in [0.1, 0.15) is 24.0 Å². The molecule has 1 saturated heterocycles. The van der Waals surface area contributed by atoms with Crippen LogP contribution in [-0.4, -0.2) is 29.9 Å².